The maximum Gasteiger partial charge on any atom is 0.307 e. The summed E-state index contributed by atoms with van der Waals surface area (Å²) in [5, 5.41) is 9.06. The van der Waals surface area contributed by atoms with Crippen molar-refractivity contribution in [1.29, 1.82) is 0 Å². The molecule has 0 unspecified atom stereocenters. The molecule has 1 heterocycles. The summed E-state index contributed by atoms with van der Waals surface area (Å²) >= 11 is 0. The molecular formula is C14H19NO4S. The Balaban J connectivity index is 2.32. The summed E-state index contributed by atoms with van der Waals surface area (Å²) in [6.07, 6.45) is 1.12. The third-order valence-corrected chi connectivity index (χ3v) is 5.71. The predicted octanol–water partition coefficient (Wildman–Crippen LogP) is 1.79. The molecule has 5 nitrogen and oxygen atoms in total. The predicted molar refractivity (Wildman–Crippen MR) is 75.0 cm³/mol. The second kappa shape index (κ2) is 5.54. The maximum atomic E-state index is 12.6. The van der Waals surface area contributed by atoms with Crippen LogP contribution >= 0.6 is 0 Å². The number of hydrogen-bond donors (Lipinski definition) is 1. The Bertz CT molecular complexity index is 624. The molecule has 0 saturated carbocycles. The Hall–Kier alpha value is -1.40. The van der Waals surface area contributed by atoms with Gasteiger partial charge in [-0.25, -0.2) is 8.42 Å². The number of rotatable bonds is 3. The molecule has 1 N–H and O–H groups in total. The Morgan fingerprint density at radius 3 is 2.65 bits per heavy atom. The van der Waals surface area contributed by atoms with E-state index in [0.29, 0.717) is 24.9 Å². The SMILES string of the molecule is Cc1ccc(S(=O)(=O)N2CCC[C@H](C(=O)O)C2)c(C)c1. The van der Waals surface area contributed by atoms with Crippen molar-refractivity contribution in [2.75, 3.05) is 13.1 Å². The summed E-state index contributed by atoms with van der Waals surface area (Å²) in [5.41, 5.74) is 1.70. The van der Waals surface area contributed by atoms with Crippen molar-refractivity contribution in [2.24, 2.45) is 5.92 Å². The van der Waals surface area contributed by atoms with E-state index in [4.69, 9.17) is 5.11 Å². The van der Waals surface area contributed by atoms with Crippen LogP contribution in [0.2, 0.25) is 0 Å². The van der Waals surface area contributed by atoms with Crippen LogP contribution in [0, 0.1) is 19.8 Å². The minimum Gasteiger partial charge on any atom is -0.481 e. The van der Waals surface area contributed by atoms with E-state index in [1.54, 1.807) is 19.1 Å². The first-order chi connectivity index (χ1) is 9.32. The van der Waals surface area contributed by atoms with Crippen LogP contribution in [0.5, 0.6) is 0 Å². The third-order valence-electron chi connectivity index (χ3n) is 3.68. The molecule has 110 valence electrons. The van der Waals surface area contributed by atoms with Gasteiger partial charge in [0.05, 0.1) is 10.8 Å². The van der Waals surface area contributed by atoms with Gasteiger partial charge < -0.3 is 5.11 Å². The molecular weight excluding hydrogens is 278 g/mol. The largest absolute Gasteiger partial charge is 0.481 e. The van der Waals surface area contributed by atoms with E-state index in [1.807, 2.05) is 13.0 Å². The van der Waals surface area contributed by atoms with Crippen LogP contribution in [0.3, 0.4) is 0 Å². The molecule has 1 aromatic carbocycles. The van der Waals surface area contributed by atoms with Gasteiger partial charge in [-0.3, -0.25) is 4.79 Å². The molecule has 0 aromatic heterocycles. The number of aryl methyl sites for hydroxylation is 2. The average Bonchev–Trinajstić information content (AvgIpc) is 2.38. The molecule has 1 aliphatic heterocycles. The Kier molecular flexibility index (Phi) is 4.15. The second-order valence-corrected chi connectivity index (χ2v) is 7.22. The van der Waals surface area contributed by atoms with Crippen molar-refractivity contribution >= 4 is 16.0 Å². The summed E-state index contributed by atoms with van der Waals surface area (Å²) in [6.45, 7) is 4.12. The van der Waals surface area contributed by atoms with E-state index in [0.717, 1.165) is 5.56 Å². The first kappa shape index (κ1) is 15.0. The van der Waals surface area contributed by atoms with Gasteiger partial charge in [0.25, 0.3) is 0 Å². The second-order valence-electron chi connectivity index (χ2n) is 5.31. The highest BCUT2D eigenvalue weighted by atomic mass is 32.2. The molecule has 0 aliphatic carbocycles. The van der Waals surface area contributed by atoms with E-state index in [9.17, 15) is 13.2 Å². The molecule has 0 bridgehead atoms. The molecule has 20 heavy (non-hydrogen) atoms. The lowest BCUT2D eigenvalue weighted by atomic mass is 10.0. The zero-order valence-corrected chi connectivity index (χ0v) is 12.5. The van der Waals surface area contributed by atoms with Crippen LogP contribution in [0.1, 0.15) is 24.0 Å². The molecule has 1 saturated heterocycles. The van der Waals surface area contributed by atoms with Gasteiger partial charge in [0.15, 0.2) is 0 Å². The smallest absolute Gasteiger partial charge is 0.307 e. The van der Waals surface area contributed by atoms with Crippen LogP contribution < -0.4 is 0 Å². The number of carboxylic acid groups (broad SMARTS) is 1. The molecule has 0 spiro atoms. The molecule has 2 rings (SSSR count). The topological polar surface area (TPSA) is 74.7 Å². The van der Waals surface area contributed by atoms with Crippen molar-refractivity contribution in [3.05, 3.63) is 29.3 Å². The van der Waals surface area contributed by atoms with E-state index in [2.05, 4.69) is 0 Å². The zero-order chi connectivity index (χ0) is 14.9. The number of piperidine rings is 1. The third kappa shape index (κ3) is 2.86. The molecule has 0 amide bonds. The van der Waals surface area contributed by atoms with Crippen molar-refractivity contribution in [2.45, 2.75) is 31.6 Å². The van der Waals surface area contributed by atoms with Crippen LogP contribution in [-0.4, -0.2) is 36.9 Å². The summed E-state index contributed by atoms with van der Waals surface area (Å²) in [5.74, 6) is -1.53. The number of benzene rings is 1. The molecule has 1 atom stereocenters. The maximum absolute atomic E-state index is 12.6. The first-order valence-electron chi connectivity index (χ1n) is 6.62. The standard InChI is InChI=1S/C14H19NO4S/c1-10-5-6-13(11(2)8-10)20(18,19)15-7-3-4-12(9-15)14(16)17/h5-6,8,12H,3-4,7,9H2,1-2H3,(H,16,17)/t12-/m0/s1. The minimum absolute atomic E-state index is 0.0605. The van der Waals surface area contributed by atoms with Gasteiger partial charge in [0.1, 0.15) is 0 Å². The Morgan fingerprint density at radius 2 is 2.05 bits per heavy atom. The summed E-state index contributed by atoms with van der Waals surface area (Å²) in [4.78, 5) is 11.3. The van der Waals surface area contributed by atoms with Gasteiger partial charge in [-0.05, 0) is 38.3 Å². The fraction of sp³-hybridized carbons (Fsp3) is 0.500. The Morgan fingerprint density at radius 1 is 1.35 bits per heavy atom. The summed E-state index contributed by atoms with van der Waals surface area (Å²) in [6, 6.07) is 5.19. The lowest BCUT2D eigenvalue weighted by molar-refractivity contribution is -0.142. The van der Waals surface area contributed by atoms with Crippen LogP contribution in [0.15, 0.2) is 23.1 Å². The summed E-state index contributed by atoms with van der Waals surface area (Å²) < 4.78 is 26.5. The molecule has 1 aliphatic rings. The number of aliphatic carboxylic acids is 1. The van der Waals surface area contributed by atoms with Crippen LogP contribution in [0.25, 0.3) is 0 Å². The van der Waals surface area contributed by atoms with Gasteiger partial charge in [0.2, 0.25) is 10.0 Å². The Labute approximate surface area is 119 Å². The minimum atomic E-state index is -3.61. The van der Waals surface area contributed by atoms with Gasteiger partial charge >= 0.3 is 5.97 Å². The van der Waals surface area contributed by atoms with E-state index in [-0.39, 0.29) is 11.4 Å². The fourth-order valence-corrected chi connectivity index (χ4v) is 4.32. The quantitative estimate of drug-likeness (QED) is 0.923. The zero-order valence-electron chi connectivity index (χ0n) is 11.7. The monoisotopic (exact) mass is 297 g/mol. The normalized spacial score (nSPS) is 20.8. The summed E-state index contributed by atoms with van der Waals surface area (Å²) in [7, 11) is -3.61. The van der Waals surface area contributed by atoms with E-state index >= 15 is 0 Å². The lowest BCUT2D eigenvalue weighted by Gasteiger charge is -2.30. The highest BCUT2D eigenvalue weighted by Crippen LogP contribution is 2.26. The highest BCUT2D eigenvalue weighted by molar-refractivity contribution is 7.89. The van der Waals surface area contributed by atoms with Crippen molar-refractivity contribution in [3.63, 3.8) is 0 Å². The fourth-order valence-electron chi connectivity index (χ4n) is 2.59. The number of hydrogen-bond acceptors (Lipinski definition) is 3. The van der Waals surface area contributed by atoms with Crippen LogP contribution in [-0.2, 0) is 14.8 Å². The molecule has 6 heteroatoms. The van der Waals surface area contributed by atoms with Gasteiger partial charge in [-0.2, -0.15) is 4.31 Å². The van der Waals surface area contributed by atoms with Gasteiger partial charge in [0, 0.05) is 13.1 Å². The van der Waals surface area contributed by atoms with Gasteiger partial charge in [-0.1, -0.05) is 17.7 Å². The van der Waals surface area contributed by atoms with E-state index < -0.39 is 21.9 Å². The van der Waals surface area contributed by atoms with Crippen molar-refractivity contribution < 1.29 is 18.3 Å². The number of carbonyl (C=O) groups is 1. The van der Waals surface area contributed by atoms with Crippen molar-refractivity contribution in [3.8, 4) is 0 Å². The van der Waals surface area contributed by atoms with Gasteiger partial charge in [-0.15, -0.1) is 0 Å². The first-order valence-corrected chi connectivity index (χ1v) is 8.06. The number of sulfonamides is 1. The van der Waals surface area contributed by atoms with E-state index in [1.165, 1.54) is 4.31 Å². The molecule has 0 radical (unpaired) electrons. The number of nitrogens with zero attached hydrogens (tertiary/aromatic N) is 1. The average molecular weight is 297 g/mol. The number of carboxylic acids is 1. The highest BCUT2D eigenvalue weighted by Gasteiger charge is 2.33. The lowest BCUT2D eigenvalue weighted by Crippen LogP contribution is -2.42. The molecule has 1 fully saturated rings. The van der Waals surface area contributed by atoms with Crippen LogP contribution in [0.4, 0.5) is 0 Å². The van der Waals surface area contributed by atoms with Crippen molar-refractivity contribution in [1.82, 2.24) is 4.31 Å². The molecule has 1 aromatic rings.